The van der Waals surface area contributed by atoms with E-state index in [2.05, 4.69) is 15.5 Å². The van der Waals surface area contributed by atoms with Crippen LogP contribution in [-0.4, -0.2) is 11.2 Å². The van der Waals surface area contributed by atoms with E-state index in [0.717, 1.165) is 18.3 Å². The second-order valence-corrected chi connectivity index (χ2v) is 4.33. The van der Waals surface area contributed by atoms with Crippen LogP contribution in [0.25, 0.3) is 0 Å². The van der Waals surface area contributed by atoms with Crippen LogP contribution in [0.1, 0.15) is 5.56 Å². The molecule has 0 aliphatic rings. The van der Waals surface area contributed by atoms with Crippen LogP contribution in [0.4, 0.5) is 14.6 Å². The first-order valence-electron chi connectivity index (χ1n) is 5.12. The van der Waals surface area contributed by atoms with Gasteiger partial charge in [-0.05, 0) is 18.2 Å². The minimum absolute atomic E-state index is 0.235. The number of hydrogen-bond acceptors (Lipinski definition) is 3. The van der Waals surface area contributed by atoms with Crippen molar-refractivity contribution in [3.05, 3.63) is 57.7 Å². The number of aromatic nitrogens is 1. The lowest BCUT2D eigenvalue weighted by molar-refractivity contribution is 0.580. The number of benzene rings is 1. The number of hydrogen-bond donors (Lipinski definition) is 1. The normalized spacial score (nSPS) is 10.9. The van der Waals surface area contributed by atoms with E-state index in [4.69, 9.17) is 23.2 Å². The molecule has 1 aromatic carbocycles. The SMILES string of the molecule is Fc1cccc(F)c1/C=N/Nc1ncc(Cl)cc1Cl. The fourth-order valence-corrected chi connectivity index (χ4v) is 1.71. The summed E-state index contributed by atoms with van der Waals surface area (Å²) in [7, 11) is 0. The van der Waals surface area contributed by atoms with E-state index >= 15 is 0 Å². The fourth-order valence-electron chi connectivity index (χ4n) is 1.29. The van der Waals surface area contributed by atoms with Crippen molar-refractivity contribution in [3.63, 3.8) is 0 Å². The molecule has 0 fully saturated rings. The molecule has 1 aromatic heterocycles. The molecule has 0 aliphatic carbocycles. The summed E-state index contributed by atoms with van der Waals surface area (Å²) >= 11 is 11.5. The molecular formula is C12H7Cl2F2N3. The summed E-state index contributed by atoms with van der Waals surface area (Å²) in [5.74, 6) is -1.18. The minimum atomic E-state index is -0.708. The Morgan fingerprint density at radius 3 is 2.53 bits per heavy atom. The first kappa shape index (κ1) is 13.7. The Kier molecular flexibility index (Phi) is 4.29. The summed E-state index contributed by atoms with van der Waals surface area (Å²) in [6, 6.07) is 5.01. The lowest BCUT2D eigenvalue weighted by Crippen LogP contribution is -1.98. The van der Waals surface area contributed by atoms with Gasteiger partial charge in [-0.25, -0.2) is 13.8 Å². The summed E-state index contributed by atoms with van der Waals surface area (Å²) in [6.45, 7) is 0. The van der Waals surface area contributed by atoms with Crippen molar-refractivity contribution in [2.45, 2.75) is 0 Å². The maximum Gasteiger partial charge on any atom is 0.165 e. The Labute approximate surface area is 117 Å². The van der Waals surface area contributed by atoms with Gasteiger partial charge in [0.1, 0.15) is 11.6 Å². The van der Waals surface area contributed by atoms with Crippen molar-refractivity contribution >= 4 is 35.2 Å². The van der Waals surface area contributed by atoms with Gasteiger partial charge in [0.05, 0.1) is 21.8 Å². The molecule has 1 N–H and O–H groups in total. The molecule has 7 heteroatoms. The summed E-state index contributed by atoms with van der Waals surface area (Å²) in [5, 5.41) is 4.30. The highest BCUT2D eigenvalue weighted by Crippen LogP contribution is 2.22. The molecule has 2 aromatic rings. The van der Waals surface area contributed by atoms with Crippen LogP contribution >= 0.6 is 23.2 Å². The van der Waals surface area contributed by atoms with Gasteiger partial charge in [0.2, 0.25) is 0 Å². The molecule has 2 rings (SSSR count). The zero-order valence-corrected chi connectivity index (χ0v) is 10.9. The van der Waals surface area contributed by atoms with Gasteiger partial charge in [0.25, 0.3) is 0 Å². The number of halogens is 4. The molecule has 19 heavy (non-hydrogen) atoms. The Balaban J connectivity index is 2.16. The molecule has 0 saturated heterocycles. The average molecular weight is 302 g/mol. The summed E-state index contributed by atoms with van der Waals surface area (Å²) in [4.78, 5) is 3.88. The van der Waals surface area contributed by atoms with Crippen molar-refractivity contribution in [3.8, 4) is 0 Å². The predicted molar refractivity (Wildman–Crippen MR) is 71.8 cm³/mol. The third-order valence-corrected chi connectivity index (χ3v) is 2.67. The maximum atomic E-state index is 13.3. The fraction of sp³-hybridized carbons (Fsp3) is 0. The average Bonchev–Trinajstić information content (AvgIpc) is 2.35. The topological polar surface area (TPSA) is 37.3 Å². The van der Waals surface area contributed by atoms with Crippen LogP contribution in [0.3, 0.4) is 0 Å². The van der Waals surface area contributed by atoms with Gasteiger partial charge in [-0.15, -0.1) is 0 Å². The maximum absolute atomic E-state index is 13.3. The summed E-state index contributed by atoms with van der Waals surface area (Å²) < 4.78 is 26.6. The van der Waals surface area contributed by atoms with Crippen LogP contribution in [0.2, 0.25) is 10.0 Å². The van der Waals surface area contributed by atoms with Crippen LogP contribution in [0.15, 0.2) is 35.6 Å². The molecule has 0 spiro atoms. The second-order valence-electron chi connectivity index (χ2n) is 3.49. The Morgan fingerprint density at radius 1 is 1.21 bits per heavy atom. The number of nitrogens with zero attached hydrogens (tertiary/aromatic N) is 2. The Hall–Kier alpha value is -1.72. The zero-order chi connectivity index (χ0) is 13.8. The molecular weight excluding hydrogens is 295 g/mol. The zero-order valence-electron chi connectivity index (χ0n) is 9.37. The van der Waals surface area contributed by atoms with Gasteiger partial charge >= 0.3 is 0 Å². The predicted octanol–water partition coefficient (Wildman–Crippen LogP) is 4.11. The van der Waals surface area contributed by atoms with Crippen LogP contribution in [0.5, 0.6) is 0 Å². The Bertz CT molecular complexity index is 612. The van der Waals surface area contributed by atoms with E-state index in [1.165, 1.54) is 18.3 Å². The van der Waals surface area contributed by atoms with Crippen molar-refractivity contribution < 1.29 is 8.78 Å². The molecule has 0 saturated carbocycles. The first-order chi connectivity index (χ1) is 9.08. The largest absolute Gasteiger partial charge is 0.260 e. The molecule has 0 radical (unpaired) electrons. The number of pyridine rings is 1. The minimum Gasteiger partial charge on any atom is -0.260 e. The molecule has 0 unspecified atom stereocenters. The molecule has 0 amide bonds. The highest BCUT2D eigenvalue weighted by molar-refractivity contribution is 6.35. The standard InChI is InChI=1S/C12H7Cl2F2N3/c13-7-4-9(14)12(17-5-7)19-18-6-8-10(15)2-1-3-11(8)16/h1-6H,(H,17,19)/b18-6+. The molecule has 1 heterocycles. The van der Waals surface area contributed by atoms with E-state index in [9.17, 15) is 8.78 Å². The number of nitrogens with one attached hydrogen (secondary N) is 1. The highest BCUT2D eigenvalue weighted by Gasteiger charge is 2.05. The monoisotopic (exact) mass is 301 g/mol. The van der Waals surface area contributed by atoms with Gasteiger partial charge in [0.15, 0.2) is 5.82 Å². The Morgan fingerprint density at radius 2 is 1.89 bits per heavy atom. The number of rotatable bonds is 3. The van der Waals surface area contributed by atoms with E-state index in [0.29, 0.717) is 5.02 Å². The molecule has 98 valence electrons. The van der Waals surface area contributed by atoms with Crippen molar-refractivity contribution in [2.24, 2.45) is 5.10 Å². The van der Waals surface area contributed by atoms with Crippen molar-refractivity contribution in [1.29, 1.82) is 0 Å². The molecule has 3 nitrogen and oxygen atoms in total. The van der Waals surface area contributed by atoms with Crippen molar-refractivity contribution in [2.75, 3.05) is 5.43 Å². The van der Waals surface area contributed by atoms with Crippen molar-refractivity contribution in [1.82, 2.24) is 4.98 Å². The number of anilines is 1. The van der Waals surface area contributed by atoms with Gasteiger partial charge in [-0.1, -0.05) is 29.3 Å². The van der Waals surface area contributed by atoms with Gasteiger partial charge in [-0.2, -0.15) is 5.10 Å². The van der Waals surface area contributed by atoms with E-state index in [-0.39, 0.29) is 16.4 Å². The third kappa shape index (κ3) is 3.39. The van der Waals surface area contributed by atoms with Gasteiger partial charge in [-0.3, -0.25) is 5.43 Å². The third-order valence-electron chi connectivity index (χ3n) is 2.17. The van der Waals surface area contributed by atoms with E-state index in [1.807, 2.05) is 0 Å². The van der Waals surface area contributed by atoms with Gasteiger partial charge < -0.3 is 0 Å². The highest BCUT2D eigenvalue weighted by atomic mass is 35.5. The molecule has 0 atom stereocenters. The number of hydrazone groups is 1. The quantitative estimate of drug-likeness (QED) is 0.684. The van der Waals surface area contributed by atoms with Crippen LogP contribution < -0.4 is 5.43 Å². The van der Waals surface area contributed by atoms with Crippen LogP contribution in [0, 0.1) is 11.6 Å². The van der Waals surface area contributed by atoms with Gasteiger partial charge in [0, 0.05) is 6.20 Å². The first-order valence-corrected chi connectivity index (χ1v) is 5.87. The molecule has 0 bridgehead atoms. The second kappa shape index (κ2) is 5.95. The molecule has 0 aliphatic heterocycles. The lowest BCUT2D eigenvalue weighted by Gasteiger charge is -2.02. The lowest BCUT2D eigenvalue weighted by atomic mass is 10.2. The summed E-state index contributed by atoms with van der Waals surface area (Å²) in [6.07, 6.45) is 2.38. The smallest absolute Gasteiger partial charge is 0.165 e. The van der Waals surface area contributed by atoms with E-state index in [1.54, 1.807) is 0 Å². The van der Waals surface area contributed by atoms with E-state index < -0.39 is 11.6 Å². The van der Waals surface area contributed by atoms with Crippen LogP contribution in [-0.2, 0) is 0 Å². The summed E-state index contributed by atoms with van der Waals surface area (Å²) in [5.41, 5.74) is 2.23.